The molecule has 63 heavy (non-hydrogen) atoms. The van der Waals surface area contributed by atoms with E-state index < -0.39 is 0 Å². The van der Waals surface area contributed by atoms with E-state index >= 15 is 0 Å². The van der Waals surface area contributed by atoms with Gasteiger partial charge in [-0.3, -0.25) is 0 Å². The van der Waals surface area contributed by atoms with Crippen molar-refractivity contribution < 1.29 is 4.42 Å². The number of aromatic nitrogens is 5. The average molecular weight is 806 g/mol. The summed E-state index contributed by atoms with van der Waals surface area (Å²) in [7, 11) is 0. The third-order valence-corrected chi connectivity index (χ3v) is 12.4. The molecule has 0 bridgehead atoms. The maximum atomic E-state index is 7.09. The Morgan fingerprint density at radius 1 is 0.302 bits per heavy atom. The summed E-state index contributed by atoms with van der Waals surface area (Å²) in [5.74, 6) is 1.91. The first-order valence-electron chi connectivity index (χ1n) is 21.2. The standard InChI is InChI=1S/C57H35N5O/c1-4-15-36(16-5-1)55-58-56(37-17-6-2-7-18-37)60-57(59-55)38-27-30-41(31-28-38)61-49-25-12-11-22-44(49)48-35-39(29-34-51(48)61)42-23-14-24-46-47-33-32-45-43-21-10-13-26-50(43)62(40-19-8-3-9-20-40)52(45)54(47)63-53(42)46/h1-35H. The van der Waals surface area contributed by atoms with Crippen molar-refractivity contribution in [3.05, 3.63) is 212 Å². The van der Waals surface area contributed by atoms with Crippen LogP contribution in [0.4, 0.5) is 0 Å². The zero-order chi connectivity index (χ0) is 41.4. The summed E-state index contributed by atoms with van der Waals surface area (Å²) in [6.45, 7) is 0. The summed E-state index contributed by atoms with van der Waals surface area (Å²) in [6.07, 6.45) is 0. The number of para-hydroxylation sites is 4. The highest BCUT2D eigenvalue weighted by Gasteiger charge is 2.21. The zero-order valence-corrected chi connectivity index (χ0v) is 33.9. The average Bonchev–Trinajstić information content (AvgIpc) is 4.02. The van der Waals surface area contributed by atoms with Crippen LogP contribution in [0.1, 0.15) is 0 Å². The normalized spacial score (nSPS) is 11.8. The Balaban J connectivity index is 0.942. The van der Waals surface area contributed by atoms with E-state index in [1.165, 1.54) is 21.5 Å². The lowest BCUT2D eigenvalue weighted by molar-refractivity contribution is 0.672. The van der Waals surface area contributed by atoms with E-state index in [0.29, 0.717) is 17.5 Å². The maximum Gasteiger partial charge on any atom is 0.164 e. The van der Waals surface area contributed by atoms with Crippen molar-refractivity contribution in [3.8, 4) is 56.7 Å². The van der Waals surface area contributed by atoms with Gasteiger partial charge in [-0.1, -0.05) is 146 Å². The lowest BCUT2D eigenvalue weighted by Crippen LogP contribution is -2.00. The Labute approximate surface area is 361 Å². The van der Waals surface area contributed by atoms with Gasteiger partial charge in [0.15, 0.2) is 23.1 Å². The molecule has 13 rings (SSSR count). The fraction of sp³-hybridized carbons (Fsp3) is 0. The zero-order valence-electron chi connectivity index (χ0n) is 33.9. The quantitative estimate of drug-likeness (QED) is 0.168. The molecule has 0 spiro atoms. The van der Waals surface area contributed by atoms with Gasteiger partial charge in [-0.25, -0.2) is 15.0 Å². The second-order valence-corrected chi connectivity index (χ2v) is 16.0. The van der Waals surface area contributed by atoms with Gasteiger partial charge in [0.25, 0.3) is 0 Å². The van der Waals surface area contributed by atoms with Gasteiger partial charge in [-0.15, -0.1) is 0 Å². The molecule has 294 valence electrons. The summed E-state index contributed by atoms with van der Waals surface area (Å²) >= 11 is 0. The van der Waals surface area contributed by atoms with Crippen LogP contribution < -0.4 is 0 Å². The van der Waals surface area contributed by atoms with E-state index in [2.05, 4.69) is 161 Å². The molecule has 6 nitrogen and oxygen atoms in total. The van der Waals surface area contributed by atoms with Crippen LogP contribution in [-0.2, 0) is 0 Å². The number of furan rings is 1. The number of rotatable bonds is 6. The first-order chi connectivity index (χ1) is 31.2. The molecule has 0 amide bonds. The summed E-state index contributed by atoms with van der Waals surface area (Å²) in [6, 6.07) is 74.3. The number of hydrogen-bond acceptors (Lipinski definition) is 4. The predicted octanol–water partition coefficient (Wildman–Crippen LogP) is 14.6. The van der Waals surface area contributed by atoms with E-state index in [-0.39, 0.29) is 0 Å². The molecule has 13 aromatic rings. The molecule has 6 heteroatoms. The Morgan fingerprint density at radius 2 is 0.778 bits per heavy atom. The van der Waals surface area contributed by atoms with Crippen LogP contribution in [0.2, 0.25) is 0 Å². The van der Waals surface area contributed by atoms with Crippen molar-refractivity contribution in [1.82, 2.24) is 24.1 Å². The molecule has 4 heterocycles. The van der Waals surface area contributed by atoms with Crippen LogP contribution in [0.3, 0.4) is 0 Å². The van der Waals surface area contributed by atoms with E-state index in [1.54, 1.807) is 0 Å². The van der Waals surface area contributed by atoms with Crippen LogP contribution >= 0.6 is 0 Å². The van der Waals surface area contributed by atoms with E-state index in [4.69, 9.17) is 19.4 Å². The number of fused-ring (bicyclic) bond motifs is 10. The summed E-state index contributed by atoms with van der Waals surface area (Å²) in [4.78, 5) is 14.8. The summed E-state index contributed by atoms with van der Waals surface area (Å²) < 4.78 is 11.8. The molecule has 0 saturated carbocycles. The lowest BCUT2D eigenvalue weighted by Gasteiger charge is -2.11. The second-order valence-electron chi connectivity index (χ2n) is 16.0. The largest absolute Gasteiger partial charge is 0.453 e. The Bertz CT molecular complexity index is 3830. The molecule has 4 aromatic heterocycles. The fourth-order valence-electron chi connectivity index (χ4n) is 9.49. The molecule has 0 unspecified atom stereocenters. The maximum absolute atomic E-state index is 7.09. The third kappa shape index (κ3) is 5.55. The summed E-state index contributed by atoms with van der Waals surface area (Å²) in [5.41, 5.74) is 13.4. The molecule has 9 aromatic carbocycles. The first-order valence-corrected chi connectivity index (χ1v) is 21.2. The number of benzene rings is 9. The highest BCUT2D eigenvalue weighted by atomic mass is 16.3. The molecule has 0 saturated heterocycles. The predicted molar refractivity (Wildman–Crippen MR) is 258 cm³/mol. The van der Waals surface area contributed by atoms with Crippen LogP contribution in [0.25, 0.3) is 122 Å². The van der Waals surface area contributed by atoms with Crippen LogP contribution in [-0.4, -0.2) is 24.1 Å². The van der Waals surface area contributed by atoms with Crippen molar-refractivity contribution in [2.75, 3.05) is 0 Å². The molecular weight excluding hydrogens is 771 g/mol. The van der Waals surface area contributed by atoms with Crippen molar-refractivity contribution >= 4 is 65.6 Å². The van der Waals surface area contributed by atoms with Gasteiger partial charge in [0, 0.05) is 65.9 Å². The van der Waals surface area contributed by atoms with Crippen molar-refractivity contribution in [2.24, 2.45) is 0 Å². The van der Waals surface area contributed by atoms with E-state index in [9.17, 15) is 0 Å². The van der Waals surface area contributed by atoms with Crippen molar-refractivity contribution in [3.63, 3.8) is 0 Å². The van der Waals surface area contributed by atoms with Crippen LogP contribution in [0.5, 0.6) is 0 Å². The third-order valence-electron chi connectivity index (χ3n) is 12.4. The highest BCUT2D eigenvalue weighted by molar-refractivity contribution is 6.23. The molecular formula is C57H35N5O. The number of nitrogens with zero attached hydrogens (tertiary/aromatic N) is 5. The molecule has 0 N–H and O–H groups in total. The SMILES string of the molecule is c1ccc(-c2nc(-c3ccccc3)nc(-c3ccc(-n4c5ccccc5c5cc(-c6cccc7c6oc6c7ccc7c8ccccc8n(-c8ccccc8)c76)ccc54)cc3)n2)cc1. The van der Waals surface area contributed by atoms with Crippen LogP contribution in [0.15, 0.2) is 217 Å². The molecule has 0 radical (unpaired) electrons. The first kappa shape index (κ1) is 35.2. The van der Waals surface area contributed by atoms with Gasteiger partial charge >= 0.3 is 0 Å². The Morgan fingerprint density at radius 3 is 1.44 bits per heavy atom. The minimum Gasteiger partial charge on any atom is -0.453 e. The smallest absolute Gasteiger partial charge is 0.164 e. The lowest BCUT2D eigenvalue weighted by atomic mass is 10.00. The van der Waals surface area contributed by atoms with Gasteiger partial charge in [-0.2, -0.15) is 0 Å². The van der Waals surface area contributed by atoms with Crippen molar-refractivity contribution in [2.45, 2.75) is 0 Å². The van der Waals surface area contributed by atoms with E-state index in [1.807, 2.05) is 60.7 Å². The Hall–Kier alpha value is -8.61. The minimum absolute atomic E-state index is 0.628. The molecule has 0 atom stereocenters. The van der Waals surface area contributed by atoms with Gasteiger partial charge in [0.05, 0.1) is 22.1 Å². The molecule has 0 aliphatic heterocycles. The monoisotopic (exact) mass is 805 g/mol. The minimum atomic E-state index is 0.628. The van der Waals surface area contributed by atoms with Gasteiger partial charge in [-0.05, 0) is 72.3 Å². The summed E-state index contributed by atoms with van der Waals surface area (Å²) in [5, 5.41) is 6.93. The van der Waals surface area contributed by atoms with Gasteiger partial charge in [0.2, 0.25) is 0 Å². The van der Waals surface area contributed by atoms with Gasteiger partial charge in [0.1, 0.15) is 5.58 Å². The topological polar surface area (TPSA) is 61.7 Å². The molecule has 0 aliphatic rings. The van der Waals surface area contributed by atoms with E-state index in [0.717, 1.165) is 83.2 Å². The van der Waals surface area contributed by atoms with Gasteiger partial charge < -0.3 is 13.6 Å². The molecule has 0 aliphatic carbocycles. The van der Waals surface area contributed by atoms with Crippen molar-refractivity contribution in [1.29, 1.82) is 0 Å². The molecule has 0 fully saturated rings. The second kappa shape index (κ2) is 14.0. The number of hydrogen-bond donors (Lipinski definition) is 0. The Kier molecular flexibility index (Phi) is 7.80. The highest BCUT2D eigenvalue weighted by Crippen LogP contribution is 2.44. The fourth-order valence-corrected chi connectivity index (χ4v) is 9.49. The van der Waals surface area contributed by atoms with Crippen LogP contribution in [0, 0.1) is 0 Å².